The number of carbonyl (C=O) groups is 1. The molecule has 0 aliphatic carbocycles. The quantitative estimate of drug-likeness (QED) is 0.750. The molecule has 1 aromatic heterocycles. The maximum atomic E-state index is 12.2. The Morgan fingerprint density at radius 3 is 2.73 bits per heavy atom. The van der Waals surface area contributed by atoms with Gasteiger partial charge in [-0.05, 0) is 36.4 Å². The predicted octanol–water partition coefficient (Wildman–Crippen LogP) is 3.56. The first-order chi connectivity index (χ1) is 10.8. The molecule has 0 saturated heterocycles. The molecule has 22 heavy (non-hydrogen) atoms. The smallest absolute Gasteiger partial charge is 0.257 e. The van der Waals surface area contributed by atoms with Crippen molar-refractivity contribution in [3.8, 4) is 18.1 Å². The number of rotatable bonds is 4. The van der Waals surface area contributed by atoms with Gasteiger partial charge >= 0.3 is 0 Å². The zero-order chi connectivity index (χ0) is 15.4. The van der Waals surface area contributed by atoms with E-state index in [1.54, 1.807) is 24.3 Å². The largest absolute Gasteiger partial charge is 0.481 e. The fraction of sp³-hybridized carbons (Fsp3) is 0.0588. The highest BCUT2D eigenvalue weighted by Gasteiger charge is 2.09. The highest BCUT2D eigenvalue weighted by Crippen LogP contribution is 2.25. The van der Waals surface area contributed by atoms with Crippen molar-refractivity contribution in [1.29, 1.82) is 0 Å². The zero-order valence-electron chi connectivity index (χ0n) is 11.6. The van der Waals surface area contributed by atoms with Gasteiger partial charge in [-0.25, -0.2) is 4.98 Å². The van der Waals surface area contributed by atoms with E-state index in [1.165, 1.54) is 11.3 Å². The van der Waals surface area contributed by atoms with Gasteiger partial charge in [0.15, 0.2) is 5.13 Å². The van der Waals surface area contributed by atoms with Gasteiger partial charge in [0.2, 0.25) is 0 Å². The summed E-state index contributed by atoms with van der Waals surface area (Å²) in [6, 6.07) is 14.6. The predicted molar refractivity (Wildman–Crippen MR) is 88.3 cm³/mol. The van der Waals surface area contributed by atoms with Crippen molar-refractivity contribution < 1.29 is 9.53 Å². The van der Waals surface area contributed by atoms with E-state index in [1.807, 2.05) is 24.3 Å². The Morgan fingerprint density at radius 2 is 2.00 bits per heavy atom. The maximum Gasteiger partial charge on any atom is 0.257 e. The Kier molecular flexibility index (Phi) is 4.03. The van der Waals surface area contributed by atoms with Crippen LogP contribution in [0.15, 0.2) is 48.5 Å². The summed E-state index contributed by atoms with van der Waals surface area (Å²) < 4.78 is 6.31. The minimum atomic E-state index is -0.206. The summed E-state index contributed by atoms with van der Waals surface area (Å²) in [5.74, 6) is 2.82. The van der Waals surface area contributed by atoms with E-state index in [4.69, 9.17) is 11.2 Å². The Morgan fingerprint density at radius 1 is 1.23 bits per heavy atom. The van der Waals surface area contributed by atoms with Crippen LogP contribution in [-0.4, -0.2) is 17.5 Å². The van der Waals surface area contributed by atoms with Gasteiger partial charge in [0.25, 0.3) is 5.91 Å². The molecule has 0 atom stereocenters. The lowest BCUT2D eigenvalue weighted by atomic mass is 10.2. The van der Waals surface area contributed by atoms with E-state index in [0.29, 0.717) is 16.4 Å². The standard InChI is InChI=1S/C17H12N2O2S/c1-2-11-21-13-9-7-12(8-10-13)16(20)19-17-18-14-5-3-4-6-15(14)22-17/h1,3-10H,11H2,(H,18,19,20). The van der Waals surface area contributed by atoms with Crippen LogP contribution in [0.25, 0.3) is 10.2 Å². The first kappa shape index (κ1) is 14.1. The molecule has 0 aliphatic rings. The Hall–Kier alpha value is -2.84. The molecule has 3 rings (SSSR count). The summed E-state index contributed by atoms with van der Waals surface area (Å²) in [5.41, 5.74) is 1.41. The van der Waals surface area contributed by atoms with Gasteiger partial charge in [0, 0.05) is 5.56 Å². The minimum absolute atomic E-state index is 0.206. The number of hydrogen-bond acceptors (Lipinski definition) is 4. The molecule has 3 aromatic rings. The average molecular weight is 308 g/mol. The zero-order valence-corrected chi connectivity index (χ0v) is 12.4. The van der Waals surface area contributed by atoms with Crippen LogP contribution in [0.3, 0.4) is 0 Å². The van der Waals surface area contributed by atoms with Crippen molar-refractivity contribution in [2.24, 2.45) is 0 Å². The third-order valence-electron chi connectivity index (χ3n) is 2.95. The van der Waals surface area contributed by atoms with Crippen LogP contribution in [-0.2, 0) is 0 Å². The molecule has 108 valence electrons. The van der Waals surface area contributed by atoms with Crippen molar-refractivity contribution in [1.82, 2.24) is 4.98 Å². The van der Waals surface area contributed by atoms with Crippen molar-refractivity contribution in [2.75, 3.05) is 11.9 Å². The molecule has 0 aliphatic heterocycles. The lowest BCUT2D eigenvalue weighted by molar-refractivity contribution is 0.102. The van der Waals surface area contributed by atoms with Crippen molar-refractivity contribution in [3.05, 3.63) is 54.1 Å². The highest BCUT2D eigenvalue weighted by molar-refractivity contribution is 7.22. The van der Waals surface area contributed by atoms with Crippen LogP contribution in [0.2, 0.25) is 0 Å². The number of hydrogen-bond donors (Lipinski definition) is 1. The fourth-order valence-electron chi connectivity index (χ4n) is 1.92. The Balaban J connectivity index is 1.72. The third-order valence-corrected chi connectivity index (χ3v) is 3.90. The number of para-hydroxylation sites is 1. The molecule has 0 radical (unpaired) electrons. The van der Waals surface area contributed by atoms with E-state index in [0.717, 1.165) is 10.2 Å². The number of fused-ring (bicyclic) bond motifs is 1. The molecule has 1 N–H and O–H groups in total. The van der Waals surface area contributed by atoms with Gasteiger partial charge in [-0.2, -0.15) is 0 Å². The molecular weight excluding hydrogens is 296 g/mol. The van der Waals surface area contributed by atoms with Gasteiger partial charge in [-0.1, -0.05) is 29.4 Å². The van der Waals surface area contributed by atoms with Gasteiger partial charge in [0.05, 0.1) is 10.2 Å². The minimum Gasteiger partial charge on any atom is -0.481 e. The van der Waals surface area contributed by atoms with E-state index in [2.05, 4.69) is 16.2 Å². The van der Waals surface area contributed by atoms with Crippen LogP contribution >= 0.6 is 11.3 Å². The second-order valence-electron chi connectivity index (χ2n) is 4.46. The number of nitrogens with zero attached hydrogens (tertiary/aromatic N) is 1. The fourth-order valence-corrected chi connectivity index (χ4v) is 2.78. The van der Waals surface area contributed by atoms with Crippen molar-refractivity contribution >= 4 is 32.6 Å². The molecule has 1 amide bonds. The summed E-state index contributed by atoms with van der Waals surface area (Å²) in [6.07, 6.45) is 5.13. The summed E-state index contributed by atoms with van der Waals surface area (Å²) in [4.78, 5) is 16.6. The molecule has 1 heterocycles. The van der Waals surface area contributed by atoms with E-state index < -0.39 is 0 Å². The van der Waals surface area contributed by atoms with Crippen LogP contribution in [0, 0.1) is 12.3 Å². The Bertz CT molecular complexity index is 814. The first-order valence-corrected chi connectivity index (χ1v) is 7.41. The van der Waals surface area contributed by atoms with E-state index in [-0.39, 0.29) is 12.5 Å². The number of thiazole rings is 1. The lowest BCUT2D eigenvalue weighted by Crippen LogP contribution is -2.11. The van der Waals surface area contributed by atoms with Crippen molar-refractivity contribution in [2.45, 2.75) is 0 Å². The topological polar surface area (TPSA) is 51.2 Å². The van der Waals surface area contributed by atoms with Gasteiger partial charge in [-0.3, -0.25) is 10.1 Å². The third kappa shape index (κ3) is 3.08. The number of ether oxygens (including phenoxy) is 1. The van der Waals surface area contributed by atoms with Crippen LogP contribution in [0.4, 0.5) is 5.13 Å². The number of carbonyl (C=O) groups excluding carboxylic acids is 1. The molecule has 0 fully saturated rings. The summed E-state index contributed by atoms with van der Waals surface area (Å²) >= 11 is 1.44. The van der Waals surface area contributed by atoms with Gasteiger partial charge in [-0.15, -0.1) is 6.42 Å². The molecule has 0 saturated carbocycles. The molecule has 2 aromatic carbocycles. The van der Waals surface area contributed by atoms with E-state index in [9.17, 15) is 4.79 Å². The molecule has 0 unspecified atom stereocenters. The lowest BCUT2D eigenvalue weighted by Gasteiger charge is -2.04. The van der Waals surface area contributed by atoms with Gasteiger partial charge < -0.3 is 4.74 Å². The molecule has 5 heteroatoms. The normalized spacial score (nSPS) is 10.1. The summed E-state index contributed by atoms with van der Waals surface area (Å²) in [7, 11) is 0. The maximum absolute atomic E-state index is 12.2. The summed E-state index contributed by atoms with van der Waals surface area (Å²) in [6.45, 7) is 0.206. The highest BCUT2D eigenvalue weighted by atomic mass is 32.1. The molecular formula is C17H12N2O2S. The number of amides is 1. The number of anilines is 1. The Labute approximate surface area is 131 Å². The molecule has 0 bridgehead atoms. The van der Waals surface area contributed by atoms with Crippen LogP contribution < -0.4 is 10.1 Å². The van der Waals surface area contributed by atoms with Crippen LogP contribution in [0.5, 0.6) is 5.75 Å². The number of aromatic nitrogens is 1. The number of benzene rings is 2. The monoisotopic (exact) mass is 308 g/mol. The second-order valence-corrected chi connectivity index (χ2v) is 5.49. The average Bonchev–Trinajstić information content (AvgIpc) is 2.95. The van der Waals surface area contributed by atoms with E-state index >= 15 is 0 Å². The second kappa shape index (κ2) is 6.29. The van der Waals surface area contributed by atoms with Crippen LogP contribution in [0.1, 0.15) is 10.4 Å². The van der Waals surface area contributed by atoms with Crippen molar-refractivity contribution in [3.63, 3.8) is 0 Å². The van der Waals surface area contributed by atoms with Gasteiger partial charge in [0.1, 0.15) is 12.4 Å². The molecule has 0 spiro atoms. The number of terminal acetylenes is 1. The first-order valence-electron chi connectivity index (χ1n) is 6.59. The molecule has 4 nitrogen and oxygen atoms in total. The number of nitrogens with one attached hydrogen (secondary N) is 1. The SMILES string of the molecule is C#CCOc1ccc(C(=O)Nc2nc3ccccc3s2)cc1. The summed E-state index contributed by atoms with van der Waals surface area (Å²) in [5, 5.41) is 3.39.